The Bertz CT molecular complexity index is 899. The van der Waals surface area contributed by atoms with Gasteiger partial charge >= 0.3 is 6.09 Å². The number of ether oxygens (including phenoxy) is 1. The molecule has 0 spiro atoms. The fourth-order valence-corrected chi connectivity index (χ4v) is 3.85. The highest BCUT2D eigenvalue weighted by molar-refractivity contribution is 9.10. The number of aryl methyl sites for hydroxylation is 1. The summed E-state index contributed by atoms with van der Waals surface area (Å²) in [6.07, 6.45) is 2.83. The van der Waals surface area contributed by atoms with Crippen molar-refractivity contribution in [3.63, 3.8) is 0 Å². The predicted molar refractivity (Wildman–Crippen MR) is 124 cm³/mol. The van der Waals surface area contributed by atoms with E-state index in [4.69, 9.17) is 4.74 Å². The summed E-state index contributed by atoms with van der Waals surface area (Å²) in [5, 5.41) is 0. The summed E-state index contributed by atoms with van der Waals surface area (Å²) < 4.78 is 6.50. The van der Waals surface area contributed by atoms with Crippen molar-refractivity contribution in [2.24, 2.45) is 0 Å². The van der Waals surface area contributed by atoms with Gasteiger partial charge in [-0.2, -0.15) is 0 Å². The molecule has 1 saturated heterocycles. The summed E-state index contributed by atoms with van der Waals surface area (Å²) in [5.41, 5.74) is 1.99. The molecule has 0 atom stereocenters. The summed E-state index contributed by atoms with van der Waals surface area (Å²) in [6, 6.07) is 11.7. The van der Waals surface area contributed by atoms with Gasteiger partial charge in [0.05, 0.1) is 0 Å². The van der Waals surface area contributed by atoms with E-state index in [1.54, 1.807) is 17.2 Å². The molecule has 1 aliphatic heterocycles. The number of likely N-dealkylation sites (tertiary alicyclic amines) is 1. The number of benzene rings is 1. The highest BCUT2D eigenvalue weighted by Gasteiger charge is 2.32. The van der Waals surface area contributed by atoms with E-state index in [9.17, 15) is 9.59 Å². The Hall–Kier alpha value is -2.41. The number of nitrogens with zero attached hydrogens (tertiary/aromatic N) is 3. The summed E-state index contributed by atoms with van der Waals surface area (Å²) in [4.78, 5) is 33.8. The molecular weight excluding hydrogens is 458 g/mol. The molecule has 0 N–H and O–H groups in total. The quantitative estimate of drug-likeness (QED) is 0.594. The molecule has 3 rings (SSSR count). The normalized spacial score (nSPS) is 14.9. The summed E-state index contributed by atoms with van der Waals surface area (Å²) in [6.45, 7) is 9.17. The lowest BCUT2D eigenvalue weighted by Gasteiger charge is -2.39. The zero-order chi connectivity index (χ0) is 22.6. The maximum atomic E-state index is 13.4. The molecule has 0 unspecified atom stereocenters. The molecule has 1 aliphatic rings. The average molecular weight is 488 g/mol. The first kappa shape index (κ1) is 23.3. The number of pyridine rings is 1. The van der Waals surface area contributed by atoms with E-state index in [0.717, 1.165) is 15.6 Å². The number of carbonyl (C=O) groups excluding carboxylic acids is 2. The Morgan fingerprint density at radius 1 is 1.13 bits per heavy atom. The maximum Gasteiger partial charge on any atom is 0.410 e. The van der Waals surface area contributed by atoms with Crippen molar-refractivity contribution in [3.8, 4) is 0 Å². The van der Waals surface area contributed by atoms with E-state index >= 15 is 0 Å². The van der Waals surface area contributed by atoms with Crippen LogP contribution in [0.5, 0.6) is 0 Å². The molecule has 2 aromatic rings. The van der Waals surface area contributed by atoms with E-state index in [-0.39, 0.29) is 18.0 Å². The molecular formula is C24H30BrN3O3. The second-order valence-corrected chi connectivity index (χ2v) is 9.89. The third kappa shape index (κ3) is 6.53. The van der Waals surface area contributed by atoms with Gasteiger partial charge in [0, 0.05) is 36.3 Å². The Morgan fingerprint density at radius 2 is 1.77 bits per heavy atom. The van der Waals surface area contributed by atoms with Gasteiger partial charge in [0.15, 0.2) is 0 Å². The van der Waals surface area contributed by atoms with Crippen LogP contribution in [0.3, 0.4) is 0 Å². The predicted octanol–water partition coefficient (Wildman–Crippen LogP) is 5.19. The van der Waals surface area contributed by atoms with Crippen LogP contribution in [-0.4, -0.2) is 51.5 Å². The fourth-order valence-electron chi connectivity index (χ4n) is 3.58. The Kier molecular flexibility index (Phi) is 7.36. The van der Waals surface area contributed by atoms with Crippen LogP contribution in [0.25, 0.3) is 0 Å². The molecule has 1 aromatic carbocycles. The number of aromatic nitrogens is 1. The Morgan fingerprint density at radius 3 is 2.32 bits per heavy atom. The van der Waals surface area contributed by atoms with Crippen LogP contribution in [-0.2, 0) is 11.3 Å². The molecule has 7 heteroatoms. The van der Waals surface area contributed by atoms with Crippen molar-refractivity contribution >= 4 is 27.9 Å². The molecule has 2 heterocycles. The number of hydrogen-bond acceptors (Lipinski definition) is 4. The van der Waals surface area contributed by atoms with Gasteiger partial charge in [0.2, 0.25) is 0 Å². The van der Waals surface area contributed by atoms with E-state index < -0.39 is 5.60 Å². The molecule has 1 aromatic heterocycles. The number of carbonyl (C=O) groups is 2. The number of hydrogen-bond donors (Lipinski definition) is 0. The minimum atomic E-state index is -0.519. The topological polar surface area (TPSA) is 62.7 Å². The Labute approximate surface area is 192 Å². The van der Waals surface area contributed by atoms with Crippen molar-refractivity contribution in [1.82, 2.24) is 14.8 Å². The lowest BCUT2D eigenvalue weighted by Crippen LogP contribution is -2.49. The van der Waals surface area contributed by atoms with Crippen LogP contribution in [0.1, 0.15) is 55.2 Å². The standard InChI is InChI=1S/C24H30BrN3O3/c1-17-5-10-21(26-15-17)22(29)28(16-18-6-8-19(25)9-7-18)20-11-13-27(14-12-20)23(30)31-24(2,3)4/h5-10,15,20H,11-14,16H2,1-4H3. The molecule has 0 aliphatic carbocycles. The molecule has 166 valence electrons. The third-order valence-electron chi connectivity index (χ3n) is 5.21. The second kappa shape index (κ2) is 9.81. The van der Waals surface area contributed by atoms with Crippen LogP contribution in [0, 0.1) is 6.92 Å². The fraction of sp³-hybridized carbons (Fsp3) is 0.458. The van der Waals surface area contributed by atoms with E-state index in [1.807, 2.05) is 62.9 Å². The molecule has 2 amide bonds. The third-order valence-corrected chi connectivity index (χ3v) is 5.74. The highest BCUT2D eigenvalue weighted by Crippen LogP contribution is 2.23. The van der Waals surface area contributed by atoms with Gasteiger partial charge in [-0.15, -0.1) is 0 Å². The lowest BCUT2D eigenvalue weighted by molar-refractivity contribution is 0.0141. The van der Waals surface area contributed by atoms with Crippen LogP contribution in [0.4, 0.5) is 4.79 Å². The van der Waals surface area contributed by atoms with Gasteiger partial charge in [0.25, 0.3) is 5.91 Å². The van der Waals surface area contributed by atoms with Crippen LogP contribution < -0.4 is 0 Å². The monoisotopic (exact) mass is 487 g/mol. The molecule has 0 radical (unpaired) electrons. The largest absolute Gasteiger partial charge is 0.444 e. The molecule has 31 heavy (non-hydrogen) atoms. The van der Waals surface area contributed by atoms with Gasteiger partial charge in [0.1, 0.15) is 11.3 Å². The first-order valence-electron chi connectivity index (χ1n) is 10.6. The summed E-state index contributed by atoms with van der Waals surface area (Å²) in [7, 11) is 0. The van der Waals surface area contributed by atoms with Crippen LogP contribution in [0.2, 0.25) is 0 Å². The minimum absolute atomic E-state index is 0.0259. The number of rotatable bonds is 4. The SMILES string of the molecule is Cc1ccc(C(=O)N(Cc2ccc(Br)cc2)C2CCN(C(=O)OC(C)(C)C)CC2)nc1. The van der Waals surface area contributed by atoms with Gasteiger partial charge in [-0.05, 0) is 69.9 Å². The van der Waals surface area contributed by atoms with E-state index in [2.05, 4.69) is 20.9 Å². The summed E-state index contributed by atoms with van der Waals surface area (Å²) >= 11 is 3.46. The van der Waals surface area contributed by atoms with Crippen molar-refractivity contribution < 1.29 is 14.3 Å². The summed E-state index contributed by atoms with van der Waals surface area (Å²) in [5.74, 6) is -0.0846. The maximum absolute atomic E-state index is 13.4. The second-order valence-electron chi connectivity index (χ2n) is 8.98. The zero-order valence-corrected chi connectivity index (χ0v) is 20.2. The average Bonchev–Trinajstić information content (AvgIpc) is 2.72. The van der Waals surface area contributed by atoms with Crippen molar-refractivity contribution in [1.29, 1.82) is 0 Å². The molecule has 1 fully saturated rings. The molecule has 6 nitrogen and oxygen atoms in total. The first-order chi connectivity index (χ1) is 14.6. The number of piperidine rings is 1. The first-order valence-corrected chi connectivity index (χ1v) is 11.4. The van der Waals surface area contributed by atoms with Crippen molar-refractivity contribution in [2.45, 2.75) is 58.7 Å². The smallest absolute Gasteiger partial charge is 0.410 e. The van der Waals surface area contributed by atoms with Crippen LogP contribution >= 0.6 is 15.9 Å². The van der Waals surface area contributed by atoms with E-state index in [0.29, 0.717) is 38.2 Å². The Balaban J connectivity index is 1.75. The van der Waals surface area contributed by atoms with Gasteiger partial charge in [-0.3, -0.25) is 9.78 Å². The highest BCUT2D eigenvalue weighted by atomic mass is 79.9. The minimum Gasteiger partial charge on any atom is -0.444 e. The van der Waals surface area contributed by atoms with Gasteiger partial charge in [-0.1, -0.05) is 34.1 Å². The zero-order valence-electron chi connectivity index (χ0n) is 18.6. The van der Waals surface area contributed by atoms with Crippen molar-refractivity contribution in [3.05, 3.63) is 63.9 Å². The van der Waals surface area contributed by atoms with E-state index in [1.165, 1.54) is 0 Å². The van der Waals surface area contributed by atoms with Gasteiger partial charge in [-0.25, -0.2) is 4.79 Å². The lowest BCUT2D eigenvalue weighted by atomic mass is 10.0. The molecule has 0 saturated carbocycles. The molecule has 0 bridgehead atoms. The van der Waals surface area contributed by atoms with Crippen LogP contribution in [0.15, 0.2) is 47.1 Å². The number of amides is 2. The number of halogens is 1. The van der Waals surface area contributed by atoms with Crippen molar-refractivity contribution in [2.75, 3.05) is 13.1 Å². The van der Waals surface area contributed by atoms with Gasteiger partial charge < -0.3 is 14.5 Å².